The molecule has 2 aromatic heterocycles. The van der Waals surface area contributed by atoms with Crippen LogP contribution in [0.1, 0.15) is 21.7 Å². The number of likely N-dealkylation sites (tertiary alicyclic amines) is 1. The number of carbonyl (C=O) groups excluding carboxylic acids is 3. The highest BCUT2D eigenvalue weighted by Gasteiger charge is 2.50. The van der Waals surface area contributed by atoms with E-state index in [2.05, 4.69) is 10.1 Å². The van der Waals surface area contributed by atoms with E-state index in [0.29, 0.717) is 27.2 Å². The molecule has 190 valence electrons. The van der Waals surface area contributed by atoms with E-state index in [1.165, 1.54) is 24.1 Å². The molecule has 4 rings (SSSR count). The molecule has 2 N–H and O–H groups in total. The predicted octanol–water partition coefficient (Wildman–Crippen LogP) is 1.97. The number of pyridine rings is 1. The Balaban J connectivity index is 1.60. The van der Waals surface area contributed by atoms with E-state index < -0.39 is 55.7 Å². The lowest BCUT2D eigenvalue weighted by Gasteiger charge is -2.28. The normalized spacial score (nSPS) is 19.6. The number of ether oxygens (including phenoxy) is 1. The summed E-state index contributed by atoms with van der Waals surface area (Å²) in [5.74, 6) is -2.67. The Morgan fingerprint density at radius 3 is 2.72 bits per heavy atom. The fourth-order valence-electron chi connectivity index (χ4n) is 4.30. The zero-order valence-corrected chi connectivity index (χ0v) is 20.2. The molecule has 1 fully saturated rings. The molecule has 10 nitrogen and oxygen atoms in total. The molecule has 0 bridgehead atoms. The average Bonchev–Trinajstić information content (AvgIpc) is 3.35. The molecule has 36 heavy (non-hydrogen) atoms. The van der Waals surface area contributed by atoms with Crippen molar-refractivity contribution in [3.8, 4) is 0 Å². The molecule has 3 amide bonds. The summed E-state index contributed by atoms with van der Waals surface area (Å²) >= 11 is 5.92. The fraction of sp³-hybridized carbons (Fsp3) is 0.348. The lowest BCUT2D eigenvalue weighted by atomic mass is 10.1. The van der Waals surface area contributed by atoms with Gasteiger partial charge in [0.05, 0.1) is 24.8 Å². The van der Waals surface area contributed by atoms with Crippen molar-refractivity contribution in [3.05, 3.63) is 58.5 Å². The summed E-state index contributed by atoms with van der Waals surface area (Å²) in [5, 5.41) is 4.77. The van der Waals surface area contributed by atoms with Crippen LogP contribution >= 0.6 is 11.6 Å². The number of rotatable bonds is 7. The first-order valence-electron chi connectivity index (χ1n) is 10.9. The predicted molar refractivity (Wildman–Crippen MR) is 125 cm³/mol. The topological polar surface area (TPSA) is 124 Å². The van der Waals surface area contributed by atoms with Crippen LogP contribution in [-0.4, -0.2) is 74.5 Å². The molecule has 0 unspecified atom stereocenters. The number of halogens is 3. The number of methoxy groups -OCH3 is 1. The maximum Gasteiger partial charge on any atom is 0.276 e. The summed E-state index contributed by atoms with van der Waals surface area (Å²) in [4.78, 5) is 43.2. The highest BCUT2D eigenvalue weighted by Crippen LogP contribution is 2.27. The van der Waals surface area contributed by atoms with E-state index in [-0.39, 0.29) is 10.8 Å². The SMILES string of the molecule is CO[C@H]1[C@@H](C(=O)N(F)Cc2cccc(Cl)c2)N(C(=O)Cn2nc(C(N)=O)c3cc(C)ncc32)C[C@@H]1F. The smallest absolute Gasteiger partial charge is 0.276 e. The van der Waals surface area contributed by atoms with Gasteiger partial charge in [-0.1, -0.05) is 28.2 Å². The van der Waals surface area contributed by atoms with Gasteiger partial charge in [0.15, 0.2) is 5.69 Å². The minimum Gasteiger partial charge on any atom is -0.376 e. The van der Waals surface area contributed by atoms with Crippen molar-refractivity contribution < 1.29 is 28.0 Å². The van der Waals surface area contributed by atoms with Crippen LogP contribution in [0, 0.1) is 6.92 Å². The van der Waals surface area contributed by atoms with E-state index in [9.17, 15) is 23.3 Å². The number of hydrogen-bond donors (Lipinski definition) is 1. The van der Waals surface area contributed by atoms with Crippen LogP contribution in [0.3, 0.4) is 0 Å². The Hall–Kier alpha value is -3.64. The Labute approximate surface area is 209 Å². The van der Waals surface area contributed by atoms with Gasteiger partial charge in [-0.2, -0.15) is 10.2 Å². The zero-order valence-electron chi connectivity index (χ0n) is 19.4. The number of amides is 3. The van der Waals surface area contributed by atoms with E-state index in [0.717, 1.165) is 4.90 Å². The number of alkyl halides is 1. The van der Waals surface area contributed by atoms with Crippen molar-refractivity contribution in [2.24, 2.45) is 5.73 Å². The van der Waals surface area contributed by atoms with Gasteiger partial charge >= 0.3 is 0 Å². The van der Waals surface area contributed by atoms with Gasteiger partial charge in [0.2, 0.25) is 5.91 Å². The molecule has 3 aromatic rings. The van der Waals surface area contributed by atoms with Gasteiger partial charge in [0, 0.05) is 23.2 Å². The number of benzene rings is 1. The molecule has 0 saturated carbocycles. The van der Waals surface area contributed by atoms with Gasteiger partial charge < -0.3 is 15.4 Å². The van der Waals surface area contributed by atoms with Crippen molar-refractivity contribution in [3.63, 3.8) is 0 Å². The molecule has 0 spiro atoms. The van der Waals surface area contributed by atoms with Crippen molar-refractivity contribution in [2.75, 3.05) is 13.7 Å². The number of nitrogens with zero attached hydrogens (tertiary/aromatic N) is 5. The zero-order chi connectivity index (χ0) is 26.1. The van der Waals surface area contributed by atoms with Gasteiger partial charge in [-0.15, -0.1) is 0 Å². The molecular formula is C23H23ClF2N6O4. The Morgan fingerprint density at radius 2 is 2.06 bits per heavy atom. The van der Waals surface area contributed by atoms with Gasteiger partial charge in [0.25, 0.3) is 11.8 Å². The number of fused-ring (bicyclic) bond motifs is 1. The van der Waals surface area contributed by atoms with E-state index in [4.69, 9.17) is 22.1 Å². The third-order valence-electron chi connectivity index (χ3n) is 5.96. The summed E-state index contributed by atoms with van der Waals surface area (Å²) in [6.07, 6.45) is -1.68. The molecule has 1 aliphatic heterocycles. The third kappa shape index (κ3) is 4.86. The van der Waals surface area contributed by atoms with Gasteiger partial charge in [0.1, 0.15) is 24.9 Å². The second-order valence-electron chi connectivity index (χ2n) is 8.41. The van der Waals surface area contributed by atoms with Crippen LogP contribution < -0.4 is 5.73 Å². The van der Waals surface area contributed by atoms with Gasteiger partial charge in [-0.3, -0.25) is 24.0 Å². The lowest BCUT2D eigenvalue weighted by Crippen LogP contribution is -2.51. The van der Waals surface area contributed by atoms with Crippen molar-refractivity contribution >= 4 is 40.2 Å². The molecule has 3 atom stereocenters. The lowest BCUT2D eigenvalue weighted by molar-refractivity contribution is -0.160. The average molecular weight is 521 g/mol. The number of aryl methyl sites for hydroxylation is 1. The molecule has 0 aliphatic carbocycles. The molecule has 1 aromatic carbocycles. The maximum atomic E-state index is 15.0. The van der Waals surface area contributed by atoms with Gasteiger partial charge in [-0.05, 0) is 30.7 Å². The first kappa shape index (κ1) is 25.5. The quantitative estimate of drug-likeness (QED) is 0.475. The van der Waals surface area contributed by atoms with Gasteiger partial charge in [-0.25, -0.2) is 4.39 Å². The van der Waals surface area contributed by atoms with Crippen LogP contribution in [0.5, 0.6) is 0 Å². The highest BCUT2D eigenvalue weighted by molar-refractivity contribution is 6.30. The summed E-state index contributed by atoms with van der Waals surface area (Å²) < 4.78 is 36.0. The summed E-state index contributed by atoms with van der Waals surface area (Å²) in [6, 6.07) is 6.30. The van der Waals surface area contributed by atoms with E-state index in [1.807, 2.05) is 0 Å². The largest absolute Gasteiger partial charge is 0.376 e. The van der Waals surface area contributed by atoms with Crippen molar-refractivity contribution in [1.82, 2.24) is 24.8 Å². The Morgan fingerprint density at radius 1 is 1.31 bits per heavy atom. The second kappa shape index (κ2) is 10.2. The van der Waals surface area contributed by atoms with Crippen LogP contribution in [0.25, 0.3) is 10.9 Å². The molecule has 1 aliphatic rings. The number of nitrogens with two attached hydrogens (primary N) is 1. The summed E-state index contributed by atoms with van der Waals surface area (Å²) in [7, 11) is 1.18. The van der Waals surface area contributed by atoms with E-state index >= 15 is 0 Å². The number of aromatic nitrogens is 3. The first-order chi connectivity index (χ1) is 17.1. The number of carbonyl (C=O) groups is 3. The second-order valence-corrected chi connectivity index (χ2v) is 8.85. The maximum absolute atomic E-state index is 15.0. The molecule has 3 heterocycles. The van der Waals surface area contributed by atoms with Crippen molar-refractivity contribution in [2.45, 2.75) is 38.3 Å². The summed E-state index contributed by atoms with van der Waals surface area (Å²) in [5.41, 5.74) is 6.71. The Kier molecular flexibility index (Phi) is 7.18. The van der Waals surface area contributed by atoms with Crippen LogP contribution in [-0.2, 0) is 27.4 Å². The standard InChI is InChI=1S/C23H23ClF2N6O4/c1-12-6-15-17(8-28-12)32(29-19(15)22(27)34)11-18(33)30-10-16(25)21(36-2)20(30)23(35)31(26)9-13-4-3-5-14(24)7-13/h3-8,16,20-21H,9-11H2,1-2H3,(H2,27,34)/t16-,20-,21+/m0/s1. The van der Waals surface area contributed by atoms with Crippen molar-refractivity contribution in [1.29, 1.82) is 0 Å². The highest BCUT2D eigenvalue weighted by atomic mass is 35.5. The Bertz CT molecular complexity index is 1340. The van der Waals surface area contributed by atoms with E-state index in [1.54, 1.807) is 31.2 Å². The summed E-state index contributed by atoms with van der Waals surface area (Å²) in [6.45, 7) is 0.299. The third-order valence-corrected chi connectivity index (χ3v) is 6.20. The first-order valence-corrected chi connectivity index (χ1v) is 11.3. The van der Waals surface area contributed by atoms with Crippen LogP contribution in [0.15, 0.2) is 36.5 Å². The van der Waals surface area contributed by atoms with Crippen LogP contribution in [0.4, 0.5) is 8.87 Å². The van der Waals surface area contributed by atoms with Crippen LogP contribution in [0.2, 0.25) is 5.02 Å². The molecular weight excluding hydrogens is 498 g/mol. The monoisotopic (exact) mass is 520 g/mol. The number of primary amides is 1. The fourth-order valence-corrected chi connectivity index (χ4v) is 4.52. The number of hydrogen-bond acceptors (Lipinski definition) is 6. The minimum atomic E-state index is -1.73. The molecule has 1 saturated heterocycles. The molecule has 0 radical (unpaired) electrons. The molecule has 13 heteroatoms. The minimum absolute atomic E-state index is 0.0630.